The quantitative estimate of drug-likeness (QED) is 0.799. The third-order valence-corrected chi connectivity index (χ3v) is 2.47. The van der Waals surface area contributed by atoms with Gasteiger partial charge in [-0.2, -0.15) is 5.10 Å². The van der Waals surface area contributed by atoms with Crippen LogP contribution < -0.4 is 4.74 Å². The summed E-state index contributed by atoms with van der Waals surface area (Å²) in [5.41, 5.74) is 1.28. The van der Waals surface area contributed by atoms with E-state index in [4.69, 9.17) is 9.84 Å². The van der Waals surface area contributed by atoms with Gasteiger partial charge in [0.1, 0.15) is 11.4 Å². The van der Waals surface area contributed by atoms with Gasteiger partial charge in [-0.1, -0.05) is 0 Å². The summed E-state index contributed by atoms with van der Waals surface area (Å²) in [4.78, 5) is 21.7. The molecule has 0 saturated carbocycles. The number of aldehydes is 1. The van der Waals surface area contributed by atoms with E-state index in [2.05, 4.69) is 10.2 Å². The Kier molecular flexibility index (Phi) is 3.09. The molecule has 6 heteroatoms. The van der Waals surface area contributed by atoms with Crippen LogP contribution in [0, 0.1) is 0 Å². The van der Waals surface area contributed by atoms with Gasteiger partial charge < -0.3 is 9.84 Å². The molecule has 0 unspecified atom stereocenters. The zero-order valence-corrected chi connectivity index (χ0v) is 9.51. The molecule has 1 aromatic heterocycles. The molecule has 0 radical (unpaired) electrons. The van der Waals surface area contributed by atoms with Crippen LogP contribution in [0.25, 0.3) is 11.3 Å². The van der Waals surface area contributed by atoms with Crippen molar-refractivity contribution in [1.29, 1.82) is 0 Å². The van der Waals surface area contributed by atoms with Gasteiger partial charge in [0.05, 0.1) is 12.8 Å². The van der Waals surface area contributed by atoms with Gasteiger partial charge in [0.25, 0.3) is 0 Å². The lowest BCUT2D eigenvalue weighted by Gasteiger charge is -2.04. The largest absolute Gasteiger partial charge is 0.497 e. The van der Waals surface area contributed by atoms with E-state index in [9.17, 15) is 9.59 Å². The van der Waals surface area contributed by atoms with Crippen molar-refractivity contribution in [3.63, 3.8) is 0 Å². The molecule has 6 nitrogen and oxygen atoms in total. The molecule has 0 bridgehead atoms. The van der Waals surface area contributed by atoms with Crippen molar-refractivity contribution in [2.75, 3.05) is 7.11 Å². The monoisotopic (exact) mass is 246 g/mol. The third kappa shape index (κ3) is 2.08. The Hall–Kier alpha value is -2.63. The van der Waals surface area contributed by atoms with Crippen LogP contribution in [0.2, 0.25) is 0 Å². The molecule has 0 spiro atoms. The molecule has 2 aromatic rings. The summed E-state index contributed by atoms with van der Waals surface area (Å²) in [6.45, 7) is 0. The van der Waals surface area contributed by atoms with E-state index in [1.807, 2.05) is 0 Å². The predicted octanol–water partition coefficient (Wildman–Crippen LogP) is 1.60. The summed E-state index contributed by atoms with van der Waals surface area (Å²) in [7, 11) is 1.51. The highest BCUT2D eigenvalue weighted by Crippen LogP contribution is 2.26. The lowest BCUT2D eigenvalue weighted by molar-refractivity contribution is 0.0690. The normalized spacial score (nSPS) is 10.1. The summed E-state index contributed by atoms with van der Waals surface area (Å²) in [6.07, 6.45) is 0.684. The van der Waals surface area contributed by atoms with Crippen LogP contribution in [0.15, 0.2) is 24.3 Å². The van der Waals surface area contributed by atoms with Crippen molar-refractivity contribution in [3.05, 3.63) is 35.5 Å². The van der Waals surface area contributed by atoms with Crippen LogP contribution in [0.1, 0.15) is 20.8 Å². The molecule has 0 fully saturated rings. The topological polar surface area (TPSA) is 92.3 Å². The fraction of sp³-hybridized carbons (Fsp3) is 0.0833. The number of aromatic amines is 1. The zero-order chi connectivity index (χ0) is 13.1. The molecule has 0 amide bonds. The number of nitrogens with zero attached hydrogens (tertiary/aromatic N) is 1. The van der Waals surface area contributed by atoms with Gasteiger partial charge in [0.15, 0.2) is 6.29 Å². The fourth-order valence-corrected chi connectivity index (χ4v) is 1.56. The first-order valence-corrected chi connectivity index (χ1v) is 5.08. The van der Waals surface area contributed by atoms with Gasteiger partial charge in [-0.3, -0.25) is 9.89 Å². The van der Waals surface area contributed by atoms with Crippen LogP contribution in [0.4, 0.5) is 0 Å². The molecule has 0 aliphatic rings. The first-order valence-electron chi connectivity index (χ1n) is 5.08. The molecule has 1 heterocycles. The maximum atomic E-state index is 10.9. The molecular weight excluding hydrogens is 236 g/mol. The van der Waals surface area contributed by atoms with Gasteiger partial charge in [0, 0.05) is 11.1 Å². The van der Waals surface area contributed by atoms with E-state index in [1.165, 1.54) is 13.2 Å². The highest BCUT2D eigenvalue weighted by molar-refractivity contribution is 5.90. The minimum atomic E-state index is -1.11. The Bertz CT molecular complexity index is 604. The summed E-state index contributed by atoms with van der Waals surface area (Å²) < 4.78 is 5.06. The maximum Gasteiger partial charge on any atom is 0.353 e. The first-order chi connectivity index (χ1) is 8.65. The smallest absolute Gasteiger partial charge is 0.353 e. The average molecular weight is 246 g/mol. The van der Waals surface area contributed by atoms with E-state index in [0.717, 1.165) is 0 Å². The number of carbonyl (C=O) groups is 2. The molecule has 92 valence electrons. The minimum Gasteiger partial charge on any atom is -0.497 e. The molecular formula is C12H10N2O4. The molecule has 0 atom stereocenters. The van der Waals surface area contributed by atoms with Gasteiger partial charge >= 0.3 is 5.97 Å². The molecule has 2 N–H and O–H groups in total. The summed E-state index contributed by atoms with van der Waals surface area (Å²) in [6, 6.07) is 6.24. The van der Waals surface area contributed by atoms with Gasteiger partial charge in [0.2, 0.25) is 0 Å². The summed E-state index contributed by atoms with van der Waals surface area (Å²) >= 11 is 0. The fourth-order valence-electron chi connectivity index (χ4n) is 1.56. The highest BCUT2D eigenvalue weighted by Gasteiger charge is 2.13. The number of aromatic nitrogens is 2. The second-order valence-corrected chi connectivity index (χ2v) is 3.54. The number of hydrogen-bond acceptors (Lipinski definition) is 4. The Morgan fingerprint density at radius 2 is 2.22 bits per heavy atom. The number of methoxy groups -OCH3 is 1. The summed E-state index contributed by atoms with van der Waals surface area (Å²) in [5, 5.41) is 15.1. The number of H-pyrrole nitrogens is 1. The van der Waals surface area contributed by atoms with Crippen LogP contribution in [0.5, 0.6) is 5.75 Å². The van der Waals surface area contributed by atoms with E-state index < -0.39 is 5.97 Å². The molecule has 1 aromatic carbocycles. The van der Waals surface area contributed by atoms with Crippen molar-refractivity contribution in [2.45, 2.75) is 0 Å². The van der Waals surface area contributed by atoms with Crippen LogP contribution in [-0.4, -0.2) is 34.7 Å². The van der Waals surface area contributed by atoms with Gasteiger partial charge in [-0.25, -0.2) is 4.79 Å². The summed E-state index contributed by atoms with van der Waals surface area (Å²) in [5.74, 6) is -0.542. The standard InChI is InChI=1S/C12H10N2O4/c1-18-8-3-2-7(6-15)9(4-8)10-5-11(12(16)17)14-13-10/h2-6H,1H3,(H,13,14)(H,16,17). The number of nitrogens with one attached hydrogen (secondary N) is 1. The van der Waals surface area contributed by atoms with E-state index in [0.29, 0.717) is 28.9 Å². The maximum absolute atomic E-state index is 10.9. The lowest BCUT2D eigenvalue weighted by Crippen LogP contribution is -1.95. The van der Waals surface area contributed by atoms with Gasteiger partial charge in [-0.05, 0) is 24.3 Å². The number of ether oxygens (including phenoxy) is 1. The Balaban J connectivity index is 2.53. The lowest BCUT2D eigenvalue weighted by atomic mass is 10.0. The molecule has 0 saturated heterocycles. The third-order valence-electron chi connectivity index (χ3n) is 2.47. The predicted molar refractivity (Wildman–Crippen MR) is 62.9 cm³/mol. The van der Waals surface area contributed by atoms with Crippen LogP contribution in [0.3, 0.4) is 0 Å². The molecule has 0 aliphatic carbocycles. The number of hydrogen-bond donors (Lipinski definition) is 2. The molecule has 0 aliphatic heterocycles. The molecule has 2 rings (SSSR count). The highest BCUT2D eigenvalue weighted by atomic mass is 16.5. The van der Waals surface area contributed by atoms with Crippen molar-refractivity contribution in [2.24, 2.45) is 0 Å². The Morgan fingerprint density at radius 3 is 2.78 bits per heavy atom. The van der Waals surface area contributed by atoms with Crippen LogP contribution in [-0.2, 0) is 0 Å². The molecule has 18 heavy (non-hydrogen) atoms. The van der Waals surface area contributed by atoms with E-state index >= 15 is 0 Å². The van der Waals surface area contributed by atoms with Gasteiger partial charge in [-0.15, -0.1) is 0 Å². The number of rotatable bonds is 4. The number of benzene rings is 1. The SMILES string of the molecule is COc1ccc(C=O)c(-c2cc(C(=O)O)[nH]n2)c1. The number of carbonyl (C=O) groups excluding carboxylic acids is 1. The van der Waals surface area contributed by atoms with Crippen molar-refractivity contribution in [3.8, 4) is 17.0 Å². The number of aromatic carboxylic acids is 1. The van der Waals surface area contributed by atoms with Crippen molar-refractivity contribution in [1.82, 2.24) is 10.2 Å². The van der Waals surface area contributed by atoms with E-state index in [1.54, 1.807) is 18.2 Å². The number of carboxylic acid groups (broad SMARTS) is 1. The second kappa shape index (κ2) is 4.70. The first kappa shape index (κ1) is 11.8. The van der Waals surface area contributed by atoms with Crippen LogP contribution >= 0.6 is 0 Å². The number of carboxylic acids is 1. The second-order valence-electron chi connectivity index (χ2n) is 3.54. The Labute approximate surface area is 102 Å². The minimum absolute atomic E-state index is 0.0373. The van der Waals surface area contributed by atoms with E-state index in [-0.39, 0.29) is 5.69 Å². The van der Waals surface area contributed by atoms with Crippen molar-refractivity contribution >= 4 is 12.3 Å². The van der Waals surface area contributed by atoms with Crippen molar-refractivity contribution < 1.29 is 19.4 Å². The Morgan fingerprint density at radius 1 is 1.44 bits per heavy atom. The zero-order valence-electron chi connectivity index (χ0n) is 9.51. The average Bonchev–Trinajstić information content (AvgIpc) is 2.87.